The highest BCUT2D eigenvalue weighted by Gasteiger charge is 2.49. The molecule has 0 saturated carbocycles. The van der Waals surface area contributed by atoms with Crippen molar-refractivity contribution in [1.82, 2.24) is 9.78 Å². The molecule has 0 aliphatic rings. The van der Waals surface area contributed by atoms with E-state index >= 15 is 0 Å². The second-order valence-electron chi connectivity index (χ2n) is 11.3. The van der Waals surface area contributed by atoms with Crippen LogP contribution in [0.15, 0.2) is 35.3 Å². The molecule has 4 nitrogen and oxygen atoms in total. The monoisotopic (exact) mass is 448 g/mol. The van der Waals surface area contributed by atoms with Gasteiger partial charge in [-0.2, -0.15) is 5.10 Å². The zero-order chi connectivity index (χ0) is 23.1. The molecule has 0 bridgehead atoms. The Morgan fingerprint density at radius 2 is 1.47 bits per heavy atom. The third kappa shape index (κ3) is 4.67. The van der Waals surface area contributed by atoms with Gasteiger partial charge in [0.05, 0.1) is 19.8 Å². The third-order valence-electron chi connectivity index (χ3n) is 6.45. The minimum Gasteiger partial charge on any atom is -0.485 e. The van der Waals surface area contributed by atoms with Gasteiger partial charge in [-0.25, -0.2) is 4.68 Å². The summed E-state index contributed by atoms with van der Waals surface area (Å²) in [5.41, 5.74) is 0.259. The van der Waals surface area contributed by atoms with Crippen molar-refractivity contribution < 1.29 is 4.74 Å². The predicted octanol–water partition coefficient (Wildman–Crippen LogP) is 6.12. The molecule has 166 valence electrons. The van der Waals surface area contributed by atoms with Crippen LogP contribution in [-0.4, -0.2) is 17.9 Å². The second kappa shape index (κ2) is 8.16. The number of hydrogen-bond acceptors (Lipinski definition) is 3. The number of nitrogens with zero attached hydrogens (tertiary/aromatic N) is 2. The van der Waals surface area contributed by atoms with Crippen LogP contribution >= 0.6 is 11.6 Å². The maximum Gasteiger partial charge on any atom is 0.289 e. The summed E-state index contributed by atoms with van der Waals surface area (Å²) in [6, 6.07) is 8.74. The van der Waals surface area contributed by atoms with Gasteiger partial charge in [0.1, 0.15) is 6.61 Å². The molecule has 1 heterocycles. The van der Waals surface area contributed by atoms with Crippen LogP contribution in [0.2, 0.25) is 21.6 Å². The molecule has 30 heavy (non-hydrogen) atoms. The quantitative estimate of drug-likeness (QED) is 0.529. The average Bonchev–Trinajstić information content (AvgIpc) is 2.59. The largest absolute Gasteiger partial charge is 0.485 e. The van der Waals surface area contributed by atoms with Crippen molar-refractivity contribution >= 4 is 24.9 Å². The summed E-state index contributed by atoms with van der Waals surface area (Å²) in [5, 5.41) is 6.20. The van der Waals surface area contributed by atoms with Gasteiger partial charge in [0.25, 0.3) is 5.56 Å². The first-order valence-corrected chi connectivity index (χ1v) is 13.4. The summed E-state index contributed by atoms with van der Waals surface area (Å²) in [6.45, 7) is 22.7. The molecule has 0 N–H and O–H groups in total. The zero-order valence-electron chi connectivity index (χ0n) is 20.2. The fourth-order valence-corrected chi connectivity index (χ4v) is 9.08. The Balaban J connectivity index is 2.26. The molecule has 0 saturated heterocycles. The smallest absolute Gasteiger partial charge is 0.289 e. The van der Waals surface area contributed by atoms with Crippen molar-refractivity contribution in [3.63, 3.8) is 0 Å². The van der Waals surface area contributed by atoms with E-state index in [0.29, 0.717) is 12.4 Å². The topological polar surface area (TPSA) is 44.1 Å². The van der Waals surface area contributed by atoms with Crippen molar-refractivity contribution in [2.75, 3.05) is 0 Å². The highest BCUT2D eigenvalue weighted by molar-refractivity contribution is 6.95. The molecule has 0 fully saturated rings. The molecule has 0 aliphatic carbocycles. The van der Waals surface area contributed by atoms with E-state index in [1.807, 2.05) is 20.8 Å². The minimum atomic E-state index is -1.80. The molecule has 0 unspecified atom stereocenters. The maximum atomic E-state index is 12.5. The molecule has 6 heteroatoms. The van der Waals surface area contributed by atoms with E-state index in [9.17, 15) is 4.79 Å². The average molecular weight is 449 g/mol. The van der Waals surface area contributed by atoms with E-state index in [-0.39, 0.29) is 20.7 Å². The zero-order valence-corrected chi connectivity index (χ0v) is 21.9. The Kier molecular flexibility index (Phi) is 6.71. The van der Waals surface area contributed by atoms with Gasteiger partial charge in [-0.15, -0.1) is 0 Å². The Morgan fingerprint density at radius 1 is 0.967 bits per heavy atom. The van der Waals surface area contributed by atoms with Gasteiger partial charge in [0.2, 0.25) is 0 Å². The Morgan fingerprint density at radius 3 is 1.90 bits per heavy atom. The van der Waals surface area contributed by atoms with Crippen LogP contribution in [0, 0.1) is 0 Å². The summed E-state index contributed by atoms with van der Waals surface area (Å²) in [6.07, 6.45) is 1.52. The lowest BCUT2D eigenvalue weighted by Crippen LogP contribution is -2.58. The molecular formula is C24H37ClN2O2Si. The molecule has 1 aromatic carbocycles. The Bertz CT molecular complexity index is 932. The van der Waals surface area contributed by atoms with Crippen LogP contribution in [-0.2, 0) is 12.1 Å². The fraction of sp³-hybridized carbons (Fsp3) is 0.583. The van der Waals surface area contributed by atoms with Crippen molar-refractivity contribution in [1.29, 1.82) is 0 Å². The first kappa shape index (κ1) is 24.7. The van der Waals surface area contributed by atoms with Gasteiger partial charge in [-0.3, -0.25) is 4.79 Å². The van der Waals surface area contributed by atoms with Crippen LogP contribution in [0.5, 0.6) is 5.75 Å². The summed E-state index contributed by atoms with van der Waals surface area (Å²) in [5.74, 6) is 0.315. The van der Waals surface area contributed by atoms with Crippen LogP contribution in [0.1, 0.15) is 67.9 Å². The standard InChI is InChI=1S/C24H37ClN2O2Si/c1-22(2,3)27-21(28)20(25)19(15-26-27)29-16-17-11-13-18(14-12-17)30(10,23(4,5)6)24(7,8)9/h11-15H,16H2,1-10H3. The summed E-state index contributed by atoms with van der Waals surface area (Å²) >= 11 is 6.26. The second-order valence-corrected chi connectivity index (χ2v) is 17.5. The van der Waals surface area contributed by atoms with Crippen molar-refractivity contribution in [2.45, 2.75) is 91.1 Å². The van der Waals surface area contributed by atoms with Gasteiger partial charge in [0.15, 0.2) is 10.8 Å². The van der Waals surface area contributed by atoms with E-state index in [4.69, 9.17) is 16.3 Å². The number of benzene rings is 1. The molecule has 0 amide bonds. The van der Waals surface area contributed by atoms with Crippen LogP contribution in [0.3, 0.4) is 0 Å². The summed E-state index contributed by atoms with van der Waals surface area (Å²) in [4.78, 5) is 12.5. The number of ether oxygens (including phenoxy) is 1. The first-order valence-electron chi connectivity index (χ1n) is 10.5. The van der Waals surface area contributed by atoms with E-state index < -0.39 is 13.6 Å². The SMILES string of the molecule is CC(C)(C)n1ncc(OCc2ccc([Si](C)(C(C)(C)C)C(C)(C)C)cc2)c(Cl)c1=O. The molecule has 0 aliphatic heterocycles. The summed E-state index contributed by atoms with van der Waals surface area (Å²) < 4.78 is 7.21. The van der Waals surface area contributed by atoms with Crippen molar-refractivity contribution in [3.05, 3.63) is 51.4 Å². The number of aromatic nitrogens is 2. The van der Waals surface area contributed by atoms with Crippen molar-refractivity contribution in [3.8, 4) is 5.75 Å². The van der Waals surface area contributed by atoms with Gasteiger partial charge in [-0.1, -0.05) is 89.1 Å². The fourth-order valence-electron chi connectivity index (χ4n) is 4.08. The van der Waals surface area contributed by atoms with Crippen LogP contribution < -0.4 is 15.5 Å². The van der Waals surface area contributed by atoms with Gasteiger partial charge < -0.3 is 4.74 Å². The van der Waals surface area contributed by atoms with E-state index in [1.165, 1.54) is 16.1 Å². The number of rotatable bonds is 4. The lowest BCUT2D eigenvalue weighted by atomic mass is 10.1. The van der Waals surface area contributed by atoms with Gasteiger partial charge >= 0.3 is 0 Å². The van der Waals surface area contributed by atoms with E-state index in [0.717, 1.165) is 5.56 Å². The predicted molar refractivity (Wildman–Crippen MR) is 130 cm³/mol. The van der Waals surface area contributed by atoms with Crippen molar-refractivity contribution in [2.24, 2.45) is 0 Å². The Hall–Kier alpha value is -1.59. The molecule has 0 atom stereocenters. The van der Waals surface area contributed by atoms with E-state index in [1.54, 1.807) is 0 Å². The molecular weight excluding hydrogens is 412 g/mol. The summed E-state index contributed by atoms with van der Waals surface area (Å²) in [7, 11) is -1.80. The van der Waals surface area contributed by atoms with Gasteiger partial charge in [-0.05, 0) is 36.4 Å². The van der Waals surface area contributed by atoms with E-state index in [2.05, 4.69) is 77.5 Å². The lowest BCUT2D eigenvalue weighted by Gasteiger charge is -2.50. The highest BCUT2D eigenvalue weighted by Crippen LogP contribution is 2.50. The molecule has 1 aromatic heterocycles. The third-order valence-corrected chi connectivity index (χ3v) is 14.3. The van der Waals surface area contributed by atoms with Gasteiger partial charge in [0, 0.05) is 0 Å². The first-order chi connectivity index (χ1) is 13.5. The molecule has 2 rings (SSSR count). The highest BCUT2D eigenvalue weighted by atomic mass is 35.5. The van der Waals surface area contributed by atoms with Crippen LogP contribution in [0.4, 0.5) is 0 Å². The normalized spacial score (nSPS) is 13.4. The van der Waals surface area contributed by atoms with Crippen LogP contribution in [0.25, 0.3) is 0 Å². The Labute approximate surface area is 187 Å². The number of halogens is 1. The molecule has 2 aromatic rings. The number of hydrogen-bond donors (Lipinski definition) is 0. The minimum absolute atomic E-state index is 0.0667. The molecule has 0 radical (unpaired) electrons. The maximum absolute atomic E-state index is 12.5. The lowest BCUT2D eigenvalue weighted by molar-refractivity contribution is 0.292. The molecule has 0 spiro atoms.